The van der Waals surface area contributed by atoms with Crippen LogP contribution in [0, 0.1) is 0 Å². The van der Waals surface area contributed by atoms with Crippen molar-refractivity contribution in [2.45, 2.75) is 45.7 Å². The van der Waals surface area contributed by atoms with Crippen molar-refractivity contribution in [3.63, 3.8) is 0 Å². The van der Waals surface area contributed by atoms with Crippen molar-refractivity contribution in [3.05, 3.63) is 75.5 Å². The number of carbonyl (C=O) groups excluding carboxylic acids is 1. The van der Waals surface area contributed by atoms with Gasteiger partial charge in [-0.15, -0.1) is 0 Å². The van der Waals surface area contributed by atoms with E-state index in [1.807, 2.05) is 42.8 Å². The molecule has 0 radical (unpaired) electrons. The lowest BCUT2D eigenvalue weighted by molar-refractivity contribution is -0.121. The lowest BCUT2D eigenvalue weighted by Gasteiger charge is -2.13. The molecule has 0 saturated heterocycles. The third kappa shape index (κ3) is 5.46. The molecule has 0 fully saturated rings. The third-order valence-corrected chi connectivity index (χ3v) is 6.92. The van der Waals surface area contributed by atoms with E-state index in [9.17, 15) is 29.7 Å². The second kappa shape index (κ2) is 11.1. The van der Waals surface area contributed by atoms with Crippen LogP contribution in [0.2, 0.25) is 0 Å². The summed E-state index contributed by atoms with van der Waals surface area (Å²) in [6, 6.07) is 10.2. The third-order valence-electron chi connectivity index (χ3n) is 6.92. The molecule has 1 amide bonds. The van der Waals surface area contributed by atoms with E-state index in [0.717, 1.165) is 21.7 Å². The van der Waals surface area contributed by atoms with E-state index in [1.165, 1.54) is 10.6 Å². The standard InChI is InChI=1S/C28H30N6O7/c1-16(2)19-13-20(23(36)14-22(19)35)26-30-31-27(39)34(26)18-5-6-21-17(12-18)7-10-32(21)11-8-29-24(37)4-3-9-33-25(38)15-41-28(33)40/h5-7,10,12-16,35-36,38H,3-4,8-9,11H2,1-2H3,(H,29,37)(H,31,39). The number of H-pyrrole nitrogens is 1. The number of hydrogen-bond donors (Lipinski definition) is 5. The smallest absolute Gasteiger partial charge is 0.421 e. The number of phenols is 2. The number of nitrogens with one attached hydrogen (secondary N) is 2. The predicted octanol–water partition coefficient (Wildman–Crippen LogP) is 2.77. The summed E-state index contributed by atoms with van der Waals surface area (Å²) in [7, 11) is 0. The largest absolute Gasteiger partial charge is 0.508 e. The van der Waals surface area contributed by atoms with Gasteiger partial charge in [-0.1, -0.05) is 13.8 Å². The van der Waals surface area contributed by atoms with Gasteiger partial charge in [0.05, 0.1) is 11.3 Å². The fraction of sp³-hybridized carbons (Fsp3) is 0.286. The Kier molecular flexibility index (Phi) is 7.42. The van der Waals surface area contributed by atoms with Gasteiger partial charge in [0.1, 0.15) is 11.5 Å². The number of amides is 1. The molecule has 0 bridgehead atoms. The molecule has 0 atom stereocenters. The molecule has 5 aromatic rings. The second-order valence-corrected chi connectivity index (χ2v) is 9.99. The van der Waals surface area contributed by atoms with Crippen molar-refractivity contribution in [1.29, 1.82) is 0 Å². The molecule has 0 spiro atoms. The van der Waals surface area contributed by atoms with Gasteiger partial charge in [-0.3, -0.25) is 4.79 Å². The van der Waals surface area contributed by atoms with Crippen LogP contribution in [0.25, 0.3) is 28.0 Å². The summed E-state index contributed by atoms with van der Waals surface area (Å²) in [5.41, 5.74) is 1.89. The van der Waals surface area contributed by atoms with E-state index in [0.29, 0.717) is 36.3 Å². The lowest BCUT2D eigenvalue weighted by Crippen LogP contribution is -2.27. The van der Waals surface area contributed by atoms with Gasteiger partial charge >= 0.3 is 11.4 Å². The SMILES string of the molecule is CC(C)c1cc(-c2n[nH]c(=O)n2-c2ccc3c(ccn3CCNC(=O)CCCn3c(O)coc3=O)c2)c(O)cc1O. The van der Waals surface area contributed by atoms with Gasteiger partial charge in [0, 0.05) is 49.2 Å². The summed E-state index contributed by atoms with van der Waals surface area (Å²) in [5.74, 6) is -1.15. The lowest BCUT2D eigenvalue weighted by atomic mass is 9.98. The number of phenolic OH excluding ortho intramolecular Hbond substituents is 2. The van der Waals surface area contributed by atoms with Gasteiger partial charge in [0.25, 0.3) is 0 Å². The highest BCUT2D eigenvalue weighted by atomic mass is 16.4. The maximum atomic E-state index is 12.8. The number of oxazole rings is 1. The topological polar surface area (TPSA) is 181 Å². The van der Waals surface area contributed by atoms with Crippen LogP contribution < -0.4 is 16.8 Å². The van der Waals surface area contributed by atoms with Crippen molar-refractivity contribution < 1.29 is 24.5 Å². The first-order valence-electron chi connectivity index (χ1n) is 13.1. The van der Waals surface area contributed by atoms with Crippen LogP contribution >= 0.6 is 0 Å². The second-order valence-electron chi connectivity index (χ2n) is 9.99. The fourth-order valence-corrected chi connectivity index (χ4v) is 4.81. The number of hydrogen-bond acceptors (Lipinski definition) is 8. The van der Waals surface area contributed by atoms with Crippen LogP contribution in [0.3, 0.4) is 0 Å². The van der Waals surface area contributed by atoms with Gasteiger partial charge in [0.2, 0.25) is 11.8 Å². The predicted molar refractivity (Wildman–Crippen MR) is 149 cm³/mol. The molecule has 3 heterocycles. The molecule has 13 nitrogen and oxygen atoms in total. The monoisotopic (exact) mass is 562 g/mol. The zero-order valence-corrected chi connectivity index (χ0v) is 22.5. The minimum absolute atomic E-state index is 0.0167. The van der Waals surface area contributed by atoms with Crippen LogP contribution in [0.4, 0.5) is 0 Å². The van der Waals surface area contributed by atoms with E-state index in [1.54, 1.807) is 12.1 Å². The van der Waals surface area contributed by atoms with Crippen molar-refractivity contribution in [2.24, 2.45) is 0 Å². The molecule has 0 saturated carbocycles. The highest BCUT2D eigenvalue weighted by molar-refractivity contribution is 5.83. The molecule has 5 N–H and O–H groups in total. The average Bonchev–Trinajstić information content (AvgIpc) is 3.61. The summed E-state index contributed by atoms with van der Waals surface area (Å²) in [6.07, 6.45) is 3.39. The van der Waals surface area contributed by atoms with Gasteiger partial charge in [0.15, 0.2) is 12.1 Å². The molecular formula is C28H30N6O7. The van der Waals surface area contributed by atoms with E-state index in [4.69, 9.17) is 0 Å². The van der Waals surface area contributed by atoms with Crippen molar-refractivity contribution in [3.8, 4) is 34.5 Å². The fourth-order valence-electron chi connectivity index (χ4n) is 4.81. The van der Waals surface area contributed by atoms with Crippen LogP contribution in [-0.4, -0.2) is 51.7 Å². The van der Waals surface area contributed by atoms with E-state index in [2.05, 4.69) is 19.9 Å². The Labute approximate surface area is 232 Å². The Morgan fingerprint density at radius 3 is 2.61 bits per heavy atom. The number of carbonyl (C=O) groups is 1. The van der Waals surface area contributed by atoms with Crippen LogP contribution in [0.15, 0.2) is 62.9 Å². The molecule has 5 rings (SSSR count). The van der Waals surface area contributed by atoms with Gasteiger partial charge in [-0.2, -0.15) is 5.10 Å². The van der Waals surface area contributed by atoms with E-state index in [-0.39, 0.29) is 48.0 Å². The summed E-state index contributed by atoms with van der Waals surface area (Å²) >= 11 is 0. The first-order chi connectivity index (χ1) is 19.6. The van der Waals surface area contributed by atoms with E-state index >= 15 is 0 Å². The maximum Gasteiger partial charge on any atom is 0.421 e. The highest BCUT2D eigenvalue weighted by Crippen LogP contribution is 2.37. The molecule has 13 heteroatoms. The molecule has 0 aliphatic carbocycles. The summed E-state index contributed by atoms with van der Waals surface area (Å²) in [4.78, 5) is 36.5. The van der Waals surface area contributed by atoms with Crippen molar-refractivity contribution >= 4 is 16.8 Å². The molecular weight excluding hydrogens is 532 g/mol. The van der Waals surface area contributed by atoms with Crippen LogP contribution in [-0.2, 0) is 17.9 Å². The Morgan fingerprint density at radius 2 is 1.88 bits per heavy atom. The number of aromatic hydroxyl groups is 3. The first-order valence-corrected chi connectivity index (χ1v) is 13.1. The Hall–Kier alpha value is -5.20. The number of aromatic amines is 1. The molecule has 2 aromatic carbocycles. The summed E-state index contributed by atoms with van der Waals surface area (Å²) in [6.45, 7) is 4.89. The number of benzene rings is 2. The summed E-state index contributed by atoms with van der Waals surface area (Å²) in [5, 5.41) is 40.6. The van der Waals surface area contributed by atoms with Crippen molar-refractivity contribution in [2.75, 3.05) is 6.54 Å². The minimum Gasteiger partial charge on any atom is -0.508 e. The Bertz CT molecular complexity index is 1840. The molecule has 214 valence electrons. The van der Waals surface area contributed by atoms with Crippen LogP contribution in [0.1, 0.15) is 38.2 Å². The van der Waals surface area contributed by atoms with Crippen molar-refractivity contribution in [1.82, 2.24) is 29.2 Å². The van der Waals surface area contributed by atoms with E-state index < -0.39 is 11.4 Å². The zero-order chi connectivity index (χ0) is 29.3. The number of aromatic nitrogens is 5. The molecule has 3 aromatic heterocycles. The maximum absolute atomic E-state index is 12.8. The molecule has 0 aliphatic heterocycles. The normalized spacial score (nSPS) is 11.5. The quantitative estimate of drug-likeness (QED) is 0.172. The highest BCUT2D eigenvalue weighted by Gasteiger charge is 2.20. The average molecular weight is 563 g/mol. The molecule has 41 heavy (non-hydrogen) atoms. The van der Waals surface area contributed by atoms with Gasteiger partial charge in [-0.05, 0) is 48.2 Å². The molecule has 0 unspecified atom stereocenters. The summed E-state index contributed by atoms with van der Waals surface area (Å²) < 4.78 is 8.99. The Morgan fingerprint density at radius 1 is 1.07 bits per heavy atom. The molecule has 0 aliphatic rings. The zero-order valence-electron chi connectivity index (χ0n) is 22.5. The number of fused-ring (bicyclic) bond motifs is 1. The number of rotatable bonds is 10. The Balaban J connectivity index is 1.28. The first kappa shape index (κ1) is 27.4. The van der Waals surface area contributed by atoms with Gasteiger partial charge < -0.3 is 29.6 Å². The number of nitrogens with zero attached hydrogens (tertiary/aromatic N) is 4. The van der Waals surface area contributed by atoms with Gasteiger partial charge in [-0.25, -0.2) is 23.8 Å². The van der Waals surface area contributed by atoms with Crippen LogP contribution in [0.5, 0.6) is 17.4 Å². The minimum atomic E-state index is -0.668.